The maximum Gasteiger partial charge on any atom is 0.305 e. The topological polar surface area (TPSA) is 75.6 Å². The van der Waals surface area contributed by atoms with Crippen molar-refractivity contribution in [3.05, 3.63) is 70.0 Å². The molecule has 0 radical (unpaired) electrons. The largest absolute Gasteiger partial charge is 0.481 e. The average molecular weight is 378 g/mol. The van der Waals surface area contributed by atoms with Gasteiger partial charge in [0, 0.05) is 0 Å². The molecule has 26 heavy (non-hydrogen) atoms. The molecule has 1 heterocycles. The normalized spacial score (nSPS) is 17.2. The average Bonchev–Trinajstić information content (AvgIpc) is 2.62. The Balaban J connectivity index is 1.84. The van der Waals surface area contributed by atoms with Crippen molar-refractivity contribution in [3.63, 3.8) is 0 Å². The van der Waals surface area contributed by atoms with E-state index >= 15 is 0 Å². The summed E-state index contributed by atoms with van der Waals surface area (Å²) >= 11 is 5.68. The molecule has 0 aliphatic carbocycles. The van der Waals surface area contributed by atoms with Gasteiger partial charge in [0.25, 0.3) is 5.91 Å². The summed E-state index contributed by atoms with van der Waals surface area (Å²) in [5.74, 6) is -2.25. The highest BCUT2D eigenvalue weighted by molar-refractivity contribution is 6.30. The Morgan fingerprint density at radius 2 is 2.08 bits per heavy atom. The van der Waals surface area contributed by atoms with Gasteiger partial charge in [-0.2, -0.15) is 0 Å². The quantitative estimate of drug-likeness (QED) is 0.837. The number of benzene rings is 2. The molecule has 0 bridgehead atoms. The van der Waals surface area contributed by atoms with E-state index in [1.165, 1.54) is 12.1 Å². The highest BCUT2D eigenvalue weighted by atomic mass is 35.5. The molecule has 5 nitrogen and oxygen atoms in total. The number of rotatable bonds is 5. The van der Waals surface area contributed by atoms with Crippen molar-refractivity contribution in [2.45, 2.75) is 25.0 Å². The molecule has 0 saturated carbocycles. The Kier molecular flexibility index (Phi) is 5.54. The number of amides is 1. The highest BCUT2D eigenvalue weighted by Crippen LogP contribution is 2.29. The van der Waals surface area contributed by atoms with E-state index in [4.69, 9.17) is 21.4 Å². The third-order valence-electron chi connectivity index (χ3n) is 4.27. The molecule has 2 aromatic carbocycles. The molecule has 7 heteroatoms. The van der Waals surface area contributed by atoms with Crippen LogP contribution in [0.4, 0.5) is 4.39 Å². The Hall–Kier alpha value is -2.44. The fraction of sp³-hybridized carbons (Fsp3) is 0.263. The minimum Gasteiger partial charge on any atom is -0.481 e. The Bertz CT molecular complexity index is 842. The van der Waals surface area contributed by atoms with E-state index in [1.54, 1.807) is 0 Å². The van der Waals surface area contributed by atoms with Crippen LogP contribution in [0.25, 0.3) is 0 Å². The number of fused-ring (bicyclic) bond motifs is 1. The van der Waals surface area contributed by atoms with Crippen LogP contribution in [0.1, 0.15) is 35.3 Å². The number of hydrogen-bond donors (Lipinski definition) is 2. The van der Waals surface area contributed by atoms with E-state index in [0.717, 1.165) is 17.2 Å². The molecule has 2 atom stereocenters. The van der Waals surface area contributed by atoms with Crippen molar-refractivity contribution in [2.75, 3.05) is 6.61 Å². The minimum atomic E-state index is -1.12. The van der Waals surface area contributed by atoms with Crippen LogP contribution >= 0.6 is 11.6 Å². The monoisotopic (exact) mass is 377 g/mol. The molecule has 0 aromatic heterocycles. The maximum atomic E-state index is 13.7. The first-order chi connectivity index (χ1) is 12.5. The maximum absolute atomic E-state index is 13.7. The molecule has 0 saturated heterocycles. The Morgan fingerprint density at radius 3 is 2.81 bits per heavy atom. The van der Waals surface area contributed by atoms with Crippen LogP contribution in [0.5, 0.6) is 0 Å². The zero-order valence-corrected chi connectivity index (χ0v) is 14.5. The van der Waals surface area contributed by atoms with Crippen LogP contribution in [-0.2, 0) is 20.7 Å². The number of hydrogen-bond acceptors (Lipinski definition) is 3. The lowest BCUT2D eigenvalue weighted by molar-refractivity contribution is -0.139. The summed E-state index contributed by atoms with van der Waals surface area (Å²) in [5, 5.41) is 11.7. The van der Waals surface area contributed by atoms with Gasteiger partial charge in [-0.05, 0) is 35.2 Å². The first kappa shape index (κ1) is 18.4. The number of carbonyl (C=O) groups excluding carboxylic acids is 1. The van der Waals surface area contributed by atoms with Crippen LogP contribution in [0, 0.1) is 5.82 Å². The molecular formula is C19H17ClFNO4. The number of aliphatic carboxylic acids is 1. The van der Waals surface area contributed by atoms with Gasteiger partial charge in [-0.15, -0.1) is 0 Å². The van der Waals surface area contributed by atoms with Crippen LogP contribution in [-0.4, -0.2) is 23.6 Å². The Morgan fingerprint density at radius 1 is 1.31 bits per heavy atom. The molecule has 0 spiro atoms. The second-order valence-electron chi connectivity index (χ2n) is 6.03. The molecule has 3 rings (SSSR count). The van der Waals surface area contributed by atoms with Gasteiger partial charge in [0.1, 0.15) is 5.82 Å². The van der Waals surface area contributed by atoms with Gasteiger partial charge in [-0.3, -0.25) is 9.59 Å². The van der Waals surface area contributed by atoms with Crippen LogP contribution in [0.2, 0.25) is 5.02 Å². The smallest absolute Gasteiger partial charge is 0.305 e. The standard InChI is InChI=1S/C19H17ClFNO4/c20-14-6-5-12(9-15(14)21)16(10-17(23)24)22-19(25)18-13-4-2-1-3-11(13)7-8-26-18/h1-6,9,16,18H,7-8,10H2,(H,22,25)(H,23,24). The number of carboxylic acids is 1. The lowest BCUT2D eigenvalue weighted by Gasteiger charge is -2.27. The summed E-state index contributed by atoms with van der Waals surface area (Å²) in [4.78, 5) is 23.9. The molecule has 136 valence electrons. The number of carboxylic acid groups (broad SMARTS) is 1. The predicted octanol–water partition coefficient (Wildman–Crippen LogP) is 3.43. The minimum absolute atomic E-state index is 0.0707. The van der Waals surface area contributed by atoms with E-state index < -0.39 is 29.8 Å². The van der Waals surface area contributed by atoms with Crippen molar-refractivity contribution in [2.24, 2.45) is 0 Å². The van der Waals surface area contributed by atoms with Gasteiger partial charge in [0.15, 0.2) is 6.10 Å². The summed E-state index contributed by atoms with van der Waals surface area (Å²) in [6, 6.07) is 10.5. The number of ether oxygens (including phenoxy) is 1. The van der Waals surface area contributed by atoms with Gasteiger partial charge < -0.3 is 15.2 Å². The van der Waals surface area contributed by atoms with E-state index in [0.29, 0.717) is 18.6 Å². The lowest BCUT2D eigenvalue weighted by atomic mass is 9.96. The van der Waals surface area contributed by atoms with E-state index in [1.807, 2.05) is 24.3 Å². The summed E-state index contributed by atoms with van der Waals surface area (Å²) in [6.45, 7) is 0.397. The molecule has 2 N–H and O–H groups in total. The zero-order valence-electron chi connectivity index (χ0n) is 13.7. The van der Waals surface area contributed by atoms with Crippen molar-refractivity contribution in [1.29, 1.82) is 0 Å². The van der Waals surface area contributed by atoms with E-state index in [-0.39, 0.29) is 11.4 Å². The van der Waals surface area contributed by atoms with Gasteiger partial charge in [-0.1, -0.05) is 41.9 Å². The summed E-state index contributed by atoms with van der Waals surface area (Å²) in [7, 11) is 0. The number of halogens is 2. The predicted molar refractivity (Wildman–Crippen MR) is 93.4 cm³/mol. The van der Waals surface area contributed by atoms with Crippen molar-refractivity contribution >= 4 is 23.5 Å². The number of carbonyl (C=O) groups is 2. The second-order valence-corrected chi connectivity index (χ2v) is 6.44. The lowest BCUT2D eigenvalue weighted by Crippen LogP contribution is -2.37. The Labute approximate surface area is 154 Å². The van der Waals surface area contributed by atoms with Gasteiger partial charge >= 0.3 is 5.97 Å². The molecule has 1 aliphatic rings. The van der Waals surface area contributed by atoms with Gasteiger partial charge in [-0.25, -0.2) is 4.39 Å². The van der Waals surface area contributed by atoms with E-state index in [2.05, 4.69) is 5.32 Å². The molecule has 0 fully saturated rings. The van der Waals surface area contributed by atoms with Gasteiger partial charge in [0.2, 0.25) is 0 Å². The first-order valence-electron chi connectivity index (χ1n) is 8.12. The zero-order chi connectivity index (χ0) is 18.7. The van der Waals surface area contributed by atoms with Crippen molar-refractivity contribution in [3.8, 4) is 0 Å². The van der Waals surface area contributed by atoms with Crippen molar-refractivity contribution in [1.82, 2.24) is 5.32 Å². The molecule has 2 unspecified atom stereocenters. The summed E-state index contributed by atoms with van der Waals surface area (Å²) < 4.78 is 19.3. The third-order valence-corrected chi connectivity index (χ3v) is 4.58. The number of nitrogens with one attached hydrogen (secondary N) is 1. The van der Waals surface area contributed by atoms with Crippen LogP contribution in [0.15, 0.2) is 42.5 Å². The van der Waals surface area contributed by atoms with Crippen molar-refractivity contribution < 1.29 is 23.8 Å². The van der Waals surface area contributed by atoms with Crippen LogP contribution < -0.4 is 5.32 Å². The second kappa shape index (κ2) is 7.85. The van der Waals surface area contributed by atoms with Gasteiger partial charge in [0.05, 0.1) is 24.1 Å². The molecule has 1 aliphatic heterocycles. The highest BCUT2D eigenvalue weighted by Gasteiger charge is 2.29. The fourth-order valence-corrected chi connectivity index (χ4v) is 3.13. The SMILES string of the molecule is O=C(O)CC(NC(=O)C1OCCc2ccccc21)c1ccc(Cl)c(F)c1. The van der Waals surface area contributed by atoms with Crippen LogP contribution in [0.3, 0.4) is 0 Å². The fourth-order valence-electron chi connectivity index (χ4n) is 3.01. The first-order valence-corrected chi connectivity index (χ1v) is 8.50. The molecule has 2 aromatic rings. The molecule has 1 amide bonds. The molecular weight excluding hydrogens is 361 g/mol. The third kappa shape index (κ3) is 4.03. The van der Waals surface area contributed by atoms with E-state index in [9.17, 15) is 14.0 Å². The summed E-state index contributed by atoms with van der Waals surface area (Å²) in [6.07, 6.45) is -0.504. The summed E-state index contributed by atoms with van der Waals surface area (Å²) in [5.41, 5.74) is 2.10.